The molecule has 1 saturated carbocycles. The predicted octanol–water partition coefficient (Wildman–Crippen LogP) is 4.84. The van der Waals surface area contributed by atoms with Crippen molar-refractivity contribution in [3.63, 3.8) is 0 Å². The number of rotatable bonds is 4. The van der Waals surface area contributed by atoms with E-state index in [2.05, 4.69) is 46.6 Å². The zero-order valence-electron chi connectivity index (χ0n) is 10.4. The molecule has 0 aliphatic heterocycles. The van der Waals surface area contributed by atoms with Gasteiger partial charge in [-0.2, -0.15) is 11.8 Å². The van der Waals surface area contributed by atoms with Gasteiger partial charge in [-0.25, -0.2) is 0 Å². The maximum absolute atomic E-state index is 3.79. The van der Waals surface area contributed by atoms with E-state index < -0.39 is 0 Å². The predicted molar refractivity (Wildman–Crippen MR) is 83.1 cm³/mol. The third kappa shape index (κ3) is 3.98. The molecule has 3 unspecified atom stereocenters. The van der Waals surface area contributed by atoms with Gasteiger partial charge in [0, 0.05) is 22.2 Å². The summed E-state index contributed by atoms with van der Waals surface area (Å²) in [7, 11) is 0. The standard InChI is InChI=1S/C13H20BrNS2/c1-9(12-6-7-13(14)17-12)15-10-4-3-5-11(8-10)16-2/h6-7,9-11,15H,3-5,8H2,1-2H3. The van der Waals surface area contributed by atoms with Crippen molar-refractivity contribution in [1.29, 1.82) is 0 Å². The van der Waals surface area contributed by atoms with Crippen LogP contribution in [0.2, 0.25) is 0 Å². The molecule has 2 rings (SSSR count). The summed E-state index contributed by atoms with van der Waals surface area (Å²) in [6.45, 7) is 2.28. The van der Waals surface area contributed by atoms with Crippen LogP contribution in [0.3, 0.4) is 0 Å². The van der Waals surface area contributed by atoms with Gasteiger partial charge in [0.15, 0.2) is 0 Å². The molecule has 1 nitrogen and oxygen atoms in total. The zero-order valence-corrected chi connectivity index (χ0v) is 13.6. The van der Waals surface area contributed by atoms with E-state index in [9.17, 15) is 0 Å². The third-order valence-corrected chi connectivity index (χ3v) is 6.37. The Morgan fingerprint density at radius 2 is 2.29 bits per heavy atom. The average Bonchev–Trinajstić information content (AvgIpc) is 2.76. The van der Waals surface area contributed by atoms with Crippen LogP contribution in [0.1, 0.15) is 43.5 Å². The molecule has 1 fully saturated rings. The molecule has 17 heavy (non-hydrogen) atoms. The first-order chi connectivity index (χ1) is 8.19. The Bertz CT molecular complexity index is 353. The van der Waals surface area contributed by atoms with Crippen LogP contribution in [0, 0.1) is 0 Å². The molecule has 0 bridgehead atoms. The van der Waals surface area contributed by atoms with Gasteiger partial charge < -0.3 is 5.32 Å². The molecule has 4 heteroatoms. The van der Waals surface area contributed by atoms with Crippen molar-refractivity contribution in [3.05, 3.63) is 20.8 Å². The molecule has 1 aromatic rings. The van der Waals surface area contributed by atoms with Gasteiger partial charge >= 0.3 is 0 Å². The molecule has 1 heterocycles. The molecule has 0 saturated heterocycles. The van der Waals surface area contributed by atoms with Crippen LogP contribution in [0.15, 0.2) is 15.9 Å². The molecular formula is C13H20BrNS2. The smallest absolute Gasteiger partial charge is 0.0701 e. The van der Waals surface area contributed by atoms with Crippen LogP contribution in [-0.4, -0.2) is 17.5 Å². The summed E-state index contributed by atoms with van der Waals surface area (Å²) in [5.74, 6) is 0. The van der Waals surface area contributed by atoms with Crippen LogP contribution < -0.4 is 5.32 Å². The van der Waals surface area contributed by atoms with E-state index in [1.54, 1.807) is 0 Å². The number of thioether (sulfide) groups is 1. The Labute approximate surface area is 121 Å². The Kier molecular flexibility index (Phi) is 5.40. The van der Waals surface area contributed by atoms with Crippen LogP contribution in [0.4, 0.5) is 0 Å². The van der Waals surface area contributed by atoms with E-state index in [1.165, 1.54) is 34.3 Å². The van der Waals surface area contributed by atoms with Gasteiger partial charge in [0.25, 0.3) is 0 Å². The summed E-state index contributed by atoms with van der Waals surface area (Å²) >= 11 is 7.41. The molecule has 3 atom stereocenters. The minimum absolute atomic E-state index is 0.483. The van der Waals surface area contributed by atoms with Crippen molar-refractivity contribution in [3.8, 4) is 0 Å². The quantitative estimate of drug-likeness (QED) is 0.846. The number of hydrogen-bond donors (Lipinski definition) is 1. The molecule has 0 aromatic carbocycles. The minimum atomic E-state index is 0.483. The van der Waals surface area contributed by atoms with Crippen LogP contribution in [-0.2, 0) is 0 Å². The van der Waals surface area contributed by atoms with Crippen molar-refractivity contribution < 1.29 is 0 Å². The normalized spacial score (nSPS) is 27.0. The molecule has 96 valence electrons. The van der Waals surface area contributed by atoms with Crippen molar-refractivity contribution >= 4 is 39.0 Å². The Balaban J connectivity index is 1.87. The number of nitrogens with one attached hydrogen (secondary N) is 1. The van der Waals surface area contributed by atoms with Gasteiger partial charge in [0.05, 0.1) is 3.79 Å². The summed E-state index contributed by atoms with van der Waals surface area (Å²) in [5.41, 5.74) is 0. The molecular weight excluding hydrogens is 314 g/mol. The molecule has 1 aromatic heterocycles. The summed E-state index contributed by atoms with van der Waals surface area (Å²) in [6.07, 6.45) is 7.70. The zero-order chi connectivity index (χ0) is 12.3. The maximum Gasteiger partial charge on any atom is 0.0701 e. The number of halogens is 1. The lowest BCUT2D eigenvalue weighted by atomic mass is 9.94. The highest BCUT2D eigenvalue weighted by Crippen LogP contribution is 2.31. The monoisotopic (exact) mass is 333 g/mol. The highest BCUT2D eigenvalue weighted by Gasteiger charge is 2.22. The lowest BCUT2D eigenvalue weighted by Crippen LogP contribution is -2.36. The molecule has 1 N–H and O–H groups in total. The van der Waals surface area contributed by atoms with E-state index in [0.29, 0.717) is 12.1 Å². The Morgan fingerprint density at radius 1 is 1.47 bits per heavy atom. The average molecular weight is 334 g/mol. The van der Waals surface area contributed by atoms with E-state index in [4.69, 9.17) is 0 Å². The lowest BCUT2D eigenvalue weighted by molar-refractivity contribution is 0.355. The van der Waals surface area contributed by atoms with Crippen LogP contribution >= 0.6 is 39.0 Å². The Morgan fingerprint density at radius 3 is 2.94 bits per heavy atom. The second-order valence-corrected chi connectivity index (χ2v) is 8.38. The van der Waals surface area contributed by atoms with E-state index in [0.717, 1.165) is 5.25 Å². The first-order valence-corrected chi connectivity index (χ1v) is 9.13. The lowest BCUT2D eigenvalue weighted by Gasteiger charge is -2.30. The SMILES string of the molecule is CSC1CCCC(NC(C)c2ccc(Br)s2)C1. The summed E-state index contributed by atoms with van der Waals surface area (Å²) in [5, 5.41) is 4.65. The number of hydrogen-bond acceptors (Lipinski definition) is 3. The van der Waals surface area contributed by atoms with Gasteiger partial charge in [-0.1, -0.05) is 6.42 Å². The number of thiophene rings is 1. The van der Waals surface area contributed by atoms with Crippen LogP contribution in [0.5, 0.6) is 0 Å². The summed E-state index contributed by atoms with van der Waals surface area (Å²) in [4.78, 5) is 1.43. The molecule has 1 aliphatic rings. The molecule has 0 spiro atoms. The van der Waals surface area contributed by atoms with E-state index in [1.807, 2.05) is 23.1 Å². The first-order valence-electron chi connectivity index (χ1n) is 6.23. The topological polar surface area (TPSA) is 12.0 Å². The second-order valence-electron chi connectivity index (χ2n) is 4.75. The molecule has 1 aliphatic carbocycles. The van der Waals surface area contributed by atoms with Gasteiger partial charge in [-0.05, 0) is 60.5 Å². The van der Waals surface area contributed by atoms with Crippen molar-refractivity contribution in [2.24, 2.45) is 0 Å². The van der Waals surface area contributed by atoms with E-state index >= 15 is 0 Å². The molecule has 0 amide bonds. The fourth-order valence-corrected chi connectivity index (χ4v) is 4.77. The highest BCUT2D eigenvalue weighted by atomic mass is 79.9. The minimum Gasteiger partial charge on any atom is -0.307 e. The largest absolute Gasteiger partial charge is 0.307 e. The highest BCUT2D eigenvalue weighted by molar-refractivity contribution is 9.11. The van der Waals surface area contributed by atoms with Gasteiger partial charge in [-0.3, -0.25) is 0 Å². The van der Waals surface area contributed by atoms with Gasteiger partial charge in [-0.15, -0.1) is 11.3 Å². The fraction of sp³-hybridized carbons (Fsp3) is 0.692. The fourth-order valence-electron chi connectivity index (χ4n) is 2.51. The maximum atomic E-state index is 3.79. The van der Waals surface area contributed by atoms with Gasteiger partial charge in [0.2, 0.25) is 0 Å². The first kappa shape index (κ1) is 13.9. The van der Waals surface area contributed by atoms with Crippen LogP contribution in [0.25, 0.3) is 0 Å². The van der Waals surface area contributed by atoms with Gasteiger partial charge in [0.1, 0.15) is 0 Å². The van der Waals surface area contributed by atoms with Crippen molar-refractivity contribution in [1.82, 2.24) is 5.32 Å². The summed E-state index contributed by atoms with van der Waals surface area (Å²) in [6, 6.07) is 5.55. The van der Waals surface area contributed by atoms with Crippen molar-refractivity contribution in [2.75, 3.05) is 6.26 Å². The third-order valence-electron chi connectivity index (χ3n) is 3.47. The van der Waals surface area contributed by atoms with E-state index in [-0.39, 0.29) is 0 Å². The second kappa shape index (κ2) is 6.60. The van der Waals surface area contributed by atoms with Crippen molar-refractivity contribution in [2.45, 2.75) is 49.9 Å². The summed E-state index contributed by atoms with van der Waals surface area (Å²) < 4.78 is 1.23. The Hall–Kier alpha value is 0.490. The molecule has 0 radical (unpaired) electrons.